The molecule has 0 heterocycles. The number of hydrogen-bond acceptors (Lipinski definition) is 2. The topological polar surface area (TPSA) is 26.3 Å². The molecule has 0 aromatic heterocycles. The Balaban J connectivity index is 2.98. The number of rotatable bonds is 2. The number of ether oxygens (including phenoxy) is 1. The number of methoxy groups -OCH3 is 1. The van der Waals surface area contributed by atoms with Crippen molar-refractivity contribution in [3.8, 4) is 0 Å². The zero-order valence-corrected chi connectivity index (χ0v) is 8.90. The van der Waals surface area contributed by atoms with E-state index in [1.54, 1.807) is 0 Å². The smallest absolute Gasteiger partial charge is 0.310 e. The van der Waals surface area contributed by atoms with E-state index in [9.17, 15) is 13.6 Å². The highest BCUT2D eigenvalue weighted by molar-refractivity contribution is 9.10. The zero-order valence-electron chi connectivity index (χ0n) is 7.31. The van der Waals surface area contributed by atoms with Crippen molar-refractivity contribution in [3.63, 3.8) is 0 Å². The van der Waals surface area contributed by atoms with E-state index in [0.29, 0.717) is 0 Å². The first-order chi connectivity index (χ1) is 6.54. The molecular formula is C9H7BrF2O2. The molecule has 0 radical (unpaired) electrons. The van der Waals surface area contributed by atoms with Crippen LogP contribution in [0.4, 0.5) is 8.78 Å². The Bertz CT molecular complexity index is 366. The molecule has 0 unspecified atom stereocenters. The first-order valence-corrected chi connectivity index (χ1v) is 4.54. The van der Waals surface area contributed by atoms with E-state index in [-0.39, 0.29) is 16.5 Å². The average Bonchev–Trinajstić information content (AvgIpc) is 2.14. The Morgan fingerprint density at radius 2 is 2.07 bits per heavy atom. The van der Waals surface area contributed by atoms with Crippen LogP contribution < -0.4 is 0 Å². The van der Waals surface area contributed by atoms with Crippen LogP contribution in [0.2, 0.25) is 0 Å². The number of carbonyl (C=O) groups excluding carboxylic acids is 1. The van der Waals surface area contributed by atoms with Gasteiger partial charge in [-0.15, -0.1) is 0 Å². The molecule has 0 amide bonds. The summed E-state index contributed by atoms with van der Waals surface area (Å²) >= 11 is 2.83. The second-order valence-electron chi connectivity index (χ2n) is 2.61. The molecule has 0 saturated carbocycles. The summed E-state index contributed by atoms with van der Waals surface area (Å²) in [4.78, 5) is 10.8. The summed E-state index contributed by atoms with van der Waals surface area (Å²) in [5.74, 6) is -1.85. The van der Waals surface area contributed by atoms with Gasteiger partial charge in [-0.1, -0.05) is 0 Å². The van der Waals surface area contributed by atoms with Gasteiger partial charge in [0.2, 0.25) is 0 Å². The van der Waals surface area contributed by atoms with Crippen LogP contribution >= 0.6 is 15.9 Å². The third-order valence-corrected chi connectivity index (χ3v) is 2.26. The third kappa shape index (κ3) is 2.51. The van der Waals surface area contributed by atoms with Crippen LogP contribution in [-0.4, -0.2) is 13.1 Å². The molecule has 0 aliphatic carbocycles. The molecule has 0 aliphatic heterocycles. The van der Waals surface area contributed by atoms with E-state index in [2.05, 4.69) is 20.7 Å². The molecule has 76 valence electrons. The van der Waals surface area contributed by atoms with E-state index < -0.39 is 17.6 Å². The molecule has 2 nitrogen and oxygen atoms in total. The molecule has 0 bridgehead atoms. The summed E-state index contributed by atoms with van der Waals surface area (Å²) < 4.78 is 30.4. The van der Waals surface area contributed by atoms with Crippen molar-refractivity contribution in [1.82, 2.24) is 0 Å². The summed E-state index contributed by atoms with van der Waals surface area (Å²) in [5, 5.41) is 0. The SMILES string of the molecule is COC(=O)Cc1cc(F)c(Br)cc1F. The third-order valence-electron chi connectivity index (χ3n) is 1.65. The molecule has 0 atom stereocenters. The van der Waals surface area contributed by atoms with Crippen LogP contribution in [0.3, 0.4) is 0 Å². The van der Waals surface area contributed by atoms with E-state index in [1.165, 1.54) is 7.11 Å². The van der Waals surface area contributed by atoms with Crippen LogP contribution in [0, 0.1) is 11.6 Å². The lowest BCUT2D eigenvalue weighted by Gasteiger charge is -2.03. The fourth-order valence-corrected chi connectivity index (χ4v) is 1.24. The summed E-state index contributed by atoms with van der Waals surface area (Å²) in [7, 11) is 1.19. The maximum Gasteiger partial charge on any atom is 0.310 e. The maximum absolute atomic E-state index is 13.1. The lowest BCUT2D eigenvalue weighted by Crippen LogP contribution is -2.06. The molecule has 0 spiro atoms. The zero-order chi connectivity index (χ0) is 10.7. The van der Waals surface area contributed by atoms with E-state index in [0.717, 1.165) is 12.1 Å². The van der Waals surface area contributed by atoms with Gasteiger partial charge in [0.05, 0.1) is 18.0 Å². The van der Waals surface area contributed by atoms with Crippen molar-refractivity contribution < 1.29 is 18.3 Å². The molecule has 0 saturated heterocycles. The fraction of sp³-hybridized carbons (Fsp3) is 0.222. The standard InChI is InChI=1S/C9H7BrF2O2/c1-14-9(13)3-5-2-8(12)6(10)4-7(5)11/h2,4H,3H2,1H3. The molecule has 0 aliphatic rings. The average molecular weight is 265 g/mol. The summed E-state index contributed by atoms with van der Waals surface area (Å²) in [6, 6.07) is 1.95. The second kappa shape index (κ2) is 4.50. The number of benzene rings is 1. The highest BCUT2D eigenvalue weighted by Crippen LogP contribution is 2.20. The van der Waals surface area contributed by atoms with Gasteiger partial charge in [0.1, 0.15) is 11.6 Å². The van der Waals surface area contributed by atoms with Crippen molar-refractivity contribution in [2.45, 2.75) is 6.42 Å². The number of hydrogen-bond donors (Lipinski definition) is 0. The molecule has 1 rings (SSSR count). The first-order valence-electron chi connectivity index (χ1n) is 3.75. The Morgan fingerprint density at radius 3 is 2.64 bits per heavy atom. The van der Waals surface area contributed by atoms with Crippen molar-refractivity contribution in [1.29, 1.82) is 0 Å². The molecular weight excluding hydrogens is 258 g/mol. The van der Waals surface area contributed by atoms with Crippen molar-refractivity contribution in [3.05, 3.63) is 33.8 Å². The minimum absolute atomic E-state index is 0.0162. The first kappa shape index (κ1) is 11.1. The summed E-state index contributed by atoms with van der Waals surface area (Å²) in [6.07, 6.45) is -0.271. The van der Waals surface area contributed by atoms with Crippen LogP contribution in [0.5, 0.6) is 0 Å². The Hall–Kier alpha value is -0.970. The van der Waals surface area contributed by atoms with Crippen LogP contribution in [0.15, 0.2) is 16.6 Å². The molecule has 0 fully saturated rings. The highest BCUT2D eigenvalue weighted by atomic mass is 79.9. The predicted octanol–water partition coefficient (Wildman–Crippen LogP) is 2.44. The van der Waals surface area contributed by atoms with Gasteiger partial charge < -0.3 is 4.74 Å². The van der Waals surface area contributed by atoms with Gasteiger partial charge in [0.25, 0.3) is 0 Å². The summed E-state index contributed by atoms with van der Waals surface area (Å²) in [6.45, 7) is 0. The minimum Gasteiger partial charge on any atom is -0.469 e. The van der Waals surface area contributed by atoms with E-state index in [4.69, 9.17) is 0 Å². The second-order valence-corrected chi connectivity index (χ2v) is 3.46. The lowest BCUT2D eigenvalue weighted by molar-refractivity contribution is -0.139. The molecule has 5 heteroatoms. The van der Waals surface area contributed by atoms with Crippen molar-refractivity contribution >= 4 is 21.9 Å². The molecule has 1 aromatic carbocycles. The van der Waals surface area contributed by atoms with Gasteiger partial charge in [-0.3, -0.25) is 4.79 Å². The van der Waals surface area contributed by atoms with Crippen molar-refractivity contribution in [2.75, 3.05) is 7.11 Å². The number of esters is 1. The van der Waals surface area contributed by atoms with Gasteiger partial charge in [0.15, 0.2) is 0 Å². The van der Waals surface area contributed by atoms with Gasteiger partial charge >= 0.3 is 5.97 Å². The van der Waals surface area contributed by atoms with E-state index in [1.807, 2.05) is 0 Å². The highest BCUT2D eigenvalue weighted by Gasteiger charge is 2.11. The Labute approximate surface area is 88.0 Å². The van der Waals surface area contributed by atoms with Gasteiger partial charge in [-0.05, 0) is 28.1 Å². The fourth-order valence-electron chi connectivity index (χ4n) is 0.927. The molecule has 1 aromatic rings. The molecule has 14 heavy (non-hydrogen) atoms. The minimum atomic E-state index is -0.635. The van der Waals surface area contributed by atoms with Crippen LogP contribution in [0.1, 0.15) is 5.56 Å². The number of halogens is 3. The van der Waals surface area contributed by atoms with Gasteiger partial charge in [0, 0.05) is 5.56 Å². The van der Waals surface area contributed by atoms with Gasteiger partial charge in [-0.2, -0.15) is 0 Å². The quantitative estimate of drug-likeness (QED) is 0.606. The Morgan fingerprint density at radius 1 is 1.43 bits per heavy atom. The van der Waals surface area contributed by atoms with E-state index >= 15 is 0 Å². The maximum atomic E-state index is 13.1. The largest absolute Gasteiger partial charge is 0.469 e. The summed E-state index contributed by atoms with van der Waals surface area (Å²) in [5.41, 5.74) is -0.0162. The van der Waals surface area contributed by atoms with Crippen LogP contribution in [0.25, 0.3) is 0 Å². The molecule has 0 N–H and O–H groups in total. The number of carbonyl (C=O) groups is 1. The van der Waals surface area contributed by atoms with Crippen molar-refractivity contribution in [2.24, 2.45) is 0 Å². The predicted molar refractivity (Wildman–Crippen MR) is 49.8 cm³/mol. The lowest BCUT2D eigenvalue weighted by atomic mass is 10.1. The normalized spacial score (nSPS) is 10.0. The Kier molecular flexibility index (Phi) is 3.57. The monoisotopic (exact) mass is 264 g/mol. The van der Waals surface area contributed by atoms with Crippen LogP contribution in [-0.2, 0) is 16.0 Å². The van der Waals surface area contributed by atoms with Gasteiger partial charge in [-0.25, -0.2) is 8.78 Å².